The molecule has 0 amide bonds. The highest BCUT2D eigenvalue weighted by molar-refractivity contribution is 8.17. The number of benzene rings is 1. The first-order chi connectivity index (χ1) is 11.1. The summed E-state index contributed by atoms with van der Waals surface area (Å²) in [5, 5.41) is 0.938. The molecule has 0 saturated carbocycles. The molecule has 122 valence electrons. The van der Waals surface area contributed by atoms with Crippen molar-refractivity contribution in [3.05, 3.63) is 46.9 Å². The lowest BCUT2D eigenvalue weighted by atomic mass is 10.1. The molecule has 5 heteroatoms. The number of carbonyl (C=O) groups is 1. The van der Waals surface area contributed by atoms with Crippen LogP contribution in [0.2, 0.25) is 0 Å². The average Bonchev–Trinajstić information content (AvgIpc) is 2.58. The van der Waals surface area contributed by atoms with Gasteiger partial charge < -0.3 is 9.64 Å². The Morgan fingerprint density at radius 1 is 1.30 bits per heavy atom. The Kier molecular flexibility index (Phi) is 5.06. The van der Waals surface area contributed by atoms with Gasteiger partial charge >= 0.3 is 5.97 Å². The smallest absolute Gasteiger partial charge is 0.345 e. The number of amidine groups is 1. The molecule has 1 aromatic rings. The topological polar surface area (TPSA) is 41.9 Å². The van der Waals surface area contributed by atoms with Crippen molar-refractivity contribution in [2.24, 2.45) is 4.99 Å². The van der Waals surface area contributed by atoms with Gasteiger partial charge in [0.25, 0.3) is 0 Å². The van der Waals surface area contributed by atoms with E-state index < -0.39 is 0 Å². The van der Waals surface area contributed by atoms with Gasteiger partial charge in [0.15, 0.2) is 5.17 Å². The van der Waals surface area contributed by atoms with E-state index in [-0.39, 0.29) is 12.1 Å². The summed E-state index contributed by atoms with van der Waals surface area (Å²) < 4.78 is 5.62. The van der Waals surface area contributed by atoms with Crippen molar-refractivity contribution in [3.8, 4) is 0 Å². The highest BCUT2D eigenvalue weighted by atomic mass is 32.2. The van der Waals surface area contributed by atoms with Crippen LogP contribution in [0.1, 0.15) is 38.4 Å². The van der Waals surface area contributed by atoms with Gasteiger partial charge in [0.1, 0.15) is 6.10 Å². The molecule has 0 saturated heterocycles. The zero-order valence-electron chi connectivity index (χ0n) is 13.6. The molecule has 0 bridgehead atoms. The van der Waals surface area contributed by atoms with Gasteiger partial charge in [-0.3, -0.25) is 4.99 Å². The van der Waals surface area contributed by atoms with Crippen LogP contribution in [-0.4, -0.2) is 35.2 Å². The first-order valence-electron chi connectivity index (χ1n) is 8.10. The van der Waals surface area contributed by atoms with Crippen LogP contribution < -0.4 is 0 Å². The van der Waals surface area contributed by atoms with Crippen LogP contribution in [0.5, 0.6) is 0 Å². The van der Waals surface area contributed by atoms with E-state index in [0.29, 0.717) is 17.4 Å². The minimum absolute atomic E-state index is 0.178. The lowest BCUT2D eigenvalue weighted by molar-refractivity contribution is -0.144. The van der Waals surface area contributed by atoms with Gasteiger partial charge in [-0.05, 0) is 37.6 Å². The molecule has 0 spiro atoms. The van der Waals surface area contributed by atoms with Gasteiger partial charge in [0.05, 0.1) is 4.91 Å². The molecule has 0 fully saturated rings. The van der Waals surface area contributed by atoms with Crippen LogP contribution in [0.3, 0.4) is 0 Å². The second-order valence-corrected chi connectivity index (χ2v) is 7.02. The predicted octanol–water partition coefficient (Wildman–Crippen LogP) is 3.76. The summed E-state index contributed by atoms with van der Waals surface area (Å²) in [6.07, 6.45) is 3.60. The molecule has 2 aliphatic rings. The van der Waals surface area contributed by atoms with Crippen molar-refractivity contribution < 1.29 is 9.53 Å². The molecule has 2 heterocycles. The standard InChI is InChI=1S/C18H22N2O2S/c1-13(2)20-12-6-11-19-18(20)23-16-10-9-15(22-17(16)21)14-7-4-3-5-8-14/h3-5,7-8,10,13,15H,6,9,11-12H2,1-2H3. The van der Waals surface area contributed by atoms with E-state index in [4.69, 9.17) is 4.74 Å². The van der Waals surface area contributed by atoms with Crippen LogP contribution in [0.15, 0.2) is 46.3 Å². The number of cyclic esters (lactones) is 1. The Bertz CT molecular complexity index is 625. The monoisotopic (exact) mass is 330 g/mol. The molecule has 23 heavy (non-hydrogen) atoms. The zero-order chi connectivity index (χ0) is 16.2. The van der Waals surface area contributed by atoms with Gasteiger partial charge in [-0.25, -0.2) is 4.79 Å². The van der Waals surface area contributed by atoms with Crippen LogP contribution in [-0.2, 0) is 9.53 Å². The van der Waals surface area contributed by atoms with E-state index in [1.807, 2.05) is 36.4 Å². The third kappa shape index (κ3) is 3.78. The highest BCUT2D eigenvalue weighted by Crippen LogP contribution is 2.33. The fraction of sp³-hybridized carbons (Fsp3) is 0.444. The average molecular weight is 330 g/mol. The molecule has 3 rings (SSSR count). The normalized spacial score (nSPS) is 21.8. The van der Waals surface area contributed by atoms with Crippen LogP contribution >= 0.6 is 11.8 Å². The van der Waals surface area contributed by atoms with Gasteiger partial charge in [0, 0.05) is 25.6 Å². The summed E-state index contributed by atoms with van der Waals surface area (Å²) in [4.78, 5) is 19.8. The Labute approximate surface area is 141 Å². The first-order valence-corrected chi connectivity index (χ1v) is 8.92. The number of aliphatic imine (C=N–C) groups is 1. The molecule has 2 aliphatic heterocycles. The van der Waals surface area contributed by atoms with Gasteiger partial charge in [-0.1, -0.05) is 36.4 Å². The van der Waals surface area contributed by atoms with Gasteiger partial charge in [0.2, 0.25) is 0 Å². The molecule has 1 aromatic carbocycles. The summed E-state index contributed by atoms with van der Waals surface area (Å²) in [5.74, 6) is -0.243. The fourth-order valence-corrected chi connectivity index (χ4v) is 3.84. The lowest BCUT2D eigenvalue weighted by Gasteiger charge is -2.33. The maximum atomic E-state index is 12.3. The fourth-order valence-electron chi connectivity index (χ4n) is 2.76. The number of carbonyl (C=O) groups excluding carboxylic acids is 1. The molecule has 0 aromatic heterocycles. The van der Waals surface area contributed by atoms with Crippen molar-refractivity contribution in [2.45, 2.75) is 38.8 Å². The summed E-state index contributed by atoms with van der Waals surface area (Å²) in [6, 6.07) is 10.3. The van der Waals surface area contributed by atoms with E-state index in [9.17, 15) is 4.79 Å². The molecule has 1 unspecified atom stereocenters. The van der Waals surface area contributed by atoms with Gasteiger partial charge in [-0.2, -0.15) is 0 Å². The lowest BCUT2D eigenvalue weighted by Crippen LogP contribution is -2.39. The Hall–Kier alpha value is -1.75. The largest absolute Gasteiger partial charge is 0.453 e. The molecule has 0 N–H and O–H groups in total. The predicted molar refractivity (Wildman–Crippen MR) is 94.3 cm³/mol. The Morgan fingerprint density at radius 2 is 2.09 bits per heavy atom. The molecular weight excluding hydrogens is 308 g/mol. The van der Waals surface area contributed by atoms with E-state index in [1.54, 1.807) is 0 Å². The number of ether oxygens (including phenoxy) is 1. The van der Waals surface area contributed by atoms with Crippen molar-refractivity contribution in [2.75, 3.05) is 13.1 Å². The third-order valence-electron chi connectivity index (χ3n) is 4.01. The number of thioether (sulfide) groups is 1. The minimum Gasteiger partial charge on any atom is -0.453 e. The highest BCUT2D eigenvalue weighted by Gasteiger charge is 2.28. The quantitative estimate of drug-likeness (QED) is 0.791. The van der Waals surface area contributed by atoms with Crippen molar-refractivity contribution in [3.63, 3.8) is 0 Å². The molecular formula is C18H22N2O2S. The Balaban J connectivity index is 1.71. The van der Waals surface area contributed by atoms with Crippen LogP contribution in [0.4, 0.5) is 0 Å². The van der Waals surface area contributed by atoms with Crippen molar-refractivity contribution in [1.82, 2.24) is 4.90 Å². The summed E-state index contributed by atoms with van der Waals surface area (Å²) in [7, 11) is 0. The van der Waals surface area contributed by atoms with Gasteiger partial charge in [-0.15, -0.1) is 0 Å². The second kappa shape index (κ2) is 7.21. The van der Waals surface area contributed by atoms with Crippen LogP contribution in [0.25, 0.3) is 0 Å². The van der Waals surface area contributed by atoms with Crippen LogP contribution in [0, 0.1) is 0 Å². The number of hydrogen-bond donors (Lipinski definition) is 0. The SMILES string of the molecule is CC(C)N1CCCN=C1SC1=CCC(c2ccccc2)OC1=O. The molecule has 4 nitrogen and oxygen atoms in total. The van der Waals surface area contributed by atoms with E-state index in [2.05, 4.69) is 23.7 Å². The van der Waals surface area contributed by atoms with Crippen molar-refractivity contribution in [1.29, 1.82) is 0 Å². The van der Waals surface area contributed by atoms with E-state index >= 15 is 0 Å². The van der Waals surface area contributed by atoms with Crippen molar-refractivity contribution >= 4 is 22.9 Å². The number of hydrogen-bond acceptors (Lipinski definition) is 5. The maximum absolute atomic E-state index is 12.3. The maximum Gasteiger partial charge on any atom is 0.345 e. The second-order valence-electron chi connectivity index (χ2n) is 6.02. The van der Waals surface area contributed by atoms with E-state index in [0.717, 1.165) is 30.2 Å². The minimum atomic E-state index is -0.243. The van der Waals surface area contributed by atoms with E-state index in [1.165, 1.54) is 11.8 Å². The number of rotatable bonds is 3. The molecule has 1 atom stereocenters. The number of esters is 1. The Morgan fingerprint density at radius 3 is 2.78 bits per heavy atom. The summed E-state index contributed by atoms with van der Waals surface area (Å²) in [5.41, 5.74) is 1.04. The summed E-state index contributed by atoms with van der Waals surface area (Å²) in [6.45, 7) is 6.14. The number of nitrogens with zero attached hydrogens (tertiary/aromatic N) is 2. The molecule has 0 aliphatic carbocycles. The zero-order valence-corrected chi connectivity index (χ0v) is 14.4. The first kappa shape index (κ1) is 16.1. The summed E-state index contributed by atoms with van der Waals surface area (Å²) >= 11 is 1.45. The third-order valence-corrected chi connectivity index (χ3v) is 5.11. The molecule has 0 radical (unpaired) electrons.